The number of methoxy groups -OCH3 is 1. The molecule has 0 saturated carbocycles. The van der Waals surface area contributed by atoms with Crippen molar-refractivity contribution in [3.8, 4) is 5.75 Å². The Balaban J connectivity index is 0.00000320. The van der Waals surface area contributed by atoms with Gasteiger partial charge in [0.05, 0.1) is 12.8 Å². The van der Waals surface area contributed by atoms with Crippen LogP contribution in [0.3, 0.4) is 0 Å². The molecule has 3 rings (SSSR count). The van der Waals surface area contributed by atoms with Gasteiger partial charge in [0.15, 0.2) is 5.96 Å². The number of guanidine groups is 1. The minimum atomic E-state index is 0. The zero-order valence-corrected chi connectivity index (χ0v) is 20.5. The average Bonchev–Trinajstić information content (AvgIpc) is 3.41. The van der Waals surface area contributed by atoms with E-state index < -0.39 is 0 Å². The number of nitrogens with zero attached hydrogens (tertiary/aromatic N) is 5. The molecule has 1 aliphatic heterocycles. The van der Waals surface area contributed by atoms with Gasteiger partial charge in [0.1, 0.15) is 17.9 Å². The van der Waals surface area contributed by atoms with Gasteiger partial charge < -0.3 is 24.8 Å². The van der Waals surface area contributed by atoms with E-state index in [1.54, 1.807) is 13.4 Å². The maximum Gasteiger partial charge on any atom is 0.191 e. The molecule has 0 radical (unpaired) electrons. The normalized spacial score (nSPS) is 16.3. The molecule has 1 aliphatic rings. The van der Waals surface area contributed by atoms with Crippen LogP contribution >= 0.6 is 24.0 Å². The van der Waals surface area contributed by atoms with E-state index in [9.17, 15) is 0 Å². The van der Waals surface area contributed by atoms with E-state index in [2.05, 4.69) is 56.3 Å². The van der Waals surface area contributed by atoms with Gasteiger partial charge in [0.2, 0.25) is 0 Å². The van der Waals surface area contributed by atoms with Gasteiger partial charge in [0, 0.05) is 45.7 Å². The largest absolute Gasteiger partial charge is 0.495 e. The van der Waals surface area contributed by atoms with E-state index in [1.807, 2.05) is 12.1 Å². The summed E-state index contributed by atoms with van der Waals surface area (Å²) in [6.45, 7) is 9.49. The summed E-state index contributed by atoms with van der Waals surface area (Å²) in [5.41, 5.74) is 1.17. The topological polar surface area (TPSA) is 79.6 Å². The zero-order valence-electron chi connectivity index (χ0n) is 18.2. The molecule has 9 heteroatoms. The number of hydrogen-bond acceptors (Lipinski definition) is 5. The fourth-order valence-electron chi connectivity index (χ4n) is 3.69. The van der Waals surface area contributed by atoms with Crippen molar-refractivity contribution in [2.75, 3.05) is 44.7 Å². The lowest BCUT2D eigenvalue weighted by Gasteiger charge is -2.21. The number of halogens is 1. The summed E-state index contributed by atoms with van der Waals surface area (Å²) >= 11 is 0. The number of para-hydroxylation sites is 2. The lowest BCUT2D eigenvalue weighted by molar-refractivity contribution is 0.414. The Kier molecular flexibility index (Phi) is 10.2. The maximum atomic E-state index is 5.51. The van der Waals surface area contributed by atoms with E-state index in [1.165, 1.54) is 5.69 Å². The Morgan fingerprint density at radius 2 is 2.10 bits per heavy atom. The van der Waals surface area contributed by atoms with Crippen LogP contribution in [0.1, 0.15) is 26.1 Å². The monoisotopic (exact) mass is 527 g/mol. The summed E-state index contributed by atoms with van der Waals surface area (Å²) in [6, 6.07) is 8.23. The van der Waals surface area contributed by atoms with Gasteiger partial charge in [-0.2, -0.15) is 0 Å². The van der Waals surface area contributed by atoms with E-state index in [0.717, 1.165) is 69.6 Å². The van der Waals surface area contributed by atoms with Gasteiger partial charge in [-0.3, -0.25) is 4.99 Å². The van der Waals surface area contributed by atoms with Crippen molar-refractivity contribution in [1.29, 1.82) is 0 Å². The molecule has 166 valence electrons. The van der Waals surface area contributed by atoms with Gasteiger partial charge in [-0.05, 0) is 31.4 Å². The summed E-state index contributed by atoms with van der Waals surface area (Å²) in [4.78, 5) is 7.22. The lowest BCUT2D eigenvalue weighted by Crippen LogP contribution is -2.39. The van der Waals surface area contributed by atoms with E-state index in [-0.39, 0.29) is 24.0 Å². The molecular weight excluding hydrogens is 493 g/mol. The number of aliphatic imine (C=N–C) groups is 1. The summed E-state index contributed by atoms with van der Waals surface area (Å²) in [7, 11) is 1.73. The Labute approximate surface area is 196 Å². The van der Waals surface area contributed by atoms with Crippen LogP contribution in [0.25, 0.3) is 0 Å². The van der Waals surface area contributed by atoms with Crippen LogP contribution in [0.5, 0.6) is 5.75 Å². The molecule has 1 fully saturated rings. The highest BCUT2D eigenvalue weighted by Gasteiger charge is 2.24. The fourth-order valence-corrected chi connectivity index (χ4v) is 3.69. The Bertz CT molecular complexity index is 795. The minimum Gasteiger partial charge on any atom is -0.495 e. The van der Waals surface area contributed by atoms with Gasteiger partial charge in [0.25, 0.3) is 0 Å². The number of benzene rings is 1. The van der Waals surface area contributed by atoms with Crippen LogP contribution in [0.2, 0.25) is 0 Å². The first-order valence-corrected chi connectivity index (χ1v) is 10.5. The maximum absolute atomic E-state index is 5.51. The third-order valence-electron chi connectivity index (χ3n) is 5.22. The summed E-state index contributed by atoms with van der Waals surface area (Å²) in [5.74, 6) is 3.36. The second-order valence-corrected chi connectivity index (χ2v) is 7.21. The van der Waals surface area contributed by atoms with Crippen molar-refractivity contribution < 1.29 is 4.74 Å². The number of aryl methyl sites for hydroxylation is 1. The van der Waals surface area contributed by atoms with Crippen LogP contribution in [0.15, 0.2) is 35.6 Å². The third-order valence-corrected chi connectivity index (χ3v) is 5.22. The predicted molar refractivity (Wildman–Crippen MR) is 132 cm³/mol. The highest BCUT2D eigenvalue weighted by Crippen LogP contribution is 2.31. The number of nitrogens with one attached hydrogen (secondary N) is 2. The standard InChI is InChI=1S/C21H33N7O.HI/c1-4-20-26-25-16-28(20)13-11-23-21(22-5-2)24-14-17-10-12-27(15-17)18-8-6-7-9-19(18)29-3;/h6-9,16-17H,4-5,10-15H2,1-3H3,(H2,22,23,24);1H. The lowest BCUT2D eigenvalue weighted by atomic mass is 10.1. The van der Waals surface area contributed by atoms with E-state index in [4.69, 9.17) is 9.73 Å². The molecule has 8 nitrogen and oxygen atoms in total. The molecule has 1 atom stereocenters. The number of anilines is 1. The molecule has 1 aromatic carbocycles. The second kappa shape index (κ2) is 12.6. The van der Waals surface area contributed by atoms with Gasteiger partial charge >= 0.3 is 0 Å². The Hall–Kier alpha value is -2.04. The van der Waals surface area contributed by atoms with Crippen molar-refractivity contribution in [3.63, 3.8) is 0 Å². The molecule has 0 spiro atoms. The molecule has 1 aromatic heterocycles. The summed E-state index contributed by atoms with van der Waals surface area (Å²) < 4.78 is 7.60. The van der Waals surface area contributed by atoms with Crippen LogP contribution < -0.4 is 20.3 Å². The summed E-state index contributed by atoms with van der Waals surface area (Å²) in [6.07, 6.45) is 3.82. The van der Waals surface area contributed by atoms with Crippen LogP contribution in [0.4, 0.5) is 5.69 Å². The van der Waals surface area contributed by atoms with Crippen LogP contribution in [-0.4, -0.2) is 60.6 Å². The fraction of sp³-hybridized carbons (Fsp3) is 0.571. The molecule has 2 N–H and O–H groups in total. The highest BCUT2D eigenvalue weighted by molar-refractivity contribution is 14.0. The first kappa shape index (κ1) is 24.2. The van der Waals surface area contributed by atoms with Crippen LogP contribution in [0, 0.1) is 5.92 Å². The molecule has 1 saturated heterocycles. The molecule has 30 heavy (non-hydrogen) atoms. The van der Waals surface area contributed by atoms with Crippen molar-refractivity contribution in [2.45, 2.75) is 33.2 Å². The number of hydrogen-bond donors (Lipinski definition) is 2. The predicted octanol–water partition coefficient (Wildman–Crippen LogP) is 2.55. The number of ether oxygens (including phenoxy) is 1. The highest BCUT2D eigenvalue weighted by atomic mass is 127. The SMILES string of the molecule is CCNC(=NCC1CCN(c2ccccc2OC)C1)NCCn1cnnc1CC.I. The zero-order chi connectivity index (χ0) is 20.5. The molecule has 2 heterocycles. The minimum absolute atomic E-state index is 0. The first-order chi connectivity index (χ1) is 14.2. The average molecular weight is 527 g/mol. The Morgan fingerprint density at radius 3 is 2.87 bits per heavy atom. The van der Waals surface area contributed by atoms with Gasteiger partial charge in [-0.15, -0.1) is 34.2 Å². The van der Waals surface area contributed by atoms with E-state index in [0.29, 0.717) is 5.92 Å². The quantitative estimate of drug-likeness (QED) is 0.297. The van der Waals surface area contributed by atoms with Crippen molar-refractivity contribution in [1.82, 2.24) is 25.4 Å². The Morgan fingerprint density at radius 1 is 1.27 bits per heavy atom. The van der Waals surface area contributed by atoms with Gasteiger partial charge in [-0.1, -0.05) is 19.1 Å². The van der Waals surface area contributed by atoms with Crippen molar-refractivity contribution in [3.05, 3.63) is 36.4 Å². The number of aromatic nitrogens is 3. The molecule has 0 aliphatic carbocycles. The van der Waals surface area contributed by atoms with Crippen molar-refractivity contribution >= 4 is 35.6 Å². The van der Waals surface area contributed by atoms with E-state index >= 15 is 0 Å². The first-order valence-electron chi connectivity index (χ1n) is 10.5. The molecule has 0 bridgehead atoms. The molecule has 0 amide bonds. The molecular formula is C21H34IN7O. The third kappa shape index (κ3) is 6.48. The van der Waals surface area contributed by atoms with Crippen LogP contribution in [-0.2, 0) is 13.0 Å². The summed E-state index contributed by atoms with van der Waals surface area (Å²) in [5, 5.41) is 14.9. The molecule has 1 unspecified atom stereocenters. The number of rotatable bonds is 9. The smallest absolute Gasteiger partial charge is 0.191 e. The van der Waals surface area contributed by atoms with Crippen molar-refractivity contribution in [2.24, 2.45) is 10.9 Å². The molecule has 2 aromatic rings. The van der Waals surface area contributed by atoms with Gasteiger partial charge in [-0.25, -0.2) is 0 Å². The second-order valence-electron chi connectivity index (χ2n) is 7.21.